The second-order valence-corrected chi connectivity index (χ2v) is 3.83. The molecule has 0 unspecified atom stereocenters. The summed E-state index contributed by atoms with van der Waals surface area (Å²) in [5, 5.41) is 5.86. The Labute approximate surface area is 108 Å². The smallest absolute Gasteiger partial charge is 0.407 e. The van der Waals surface area contributed by atoms with Gasteiger partial charge >= 0.3 is 6.09 Å². The molecule has 0 saturated carbocycles. The van der Waals surface area contributed by atoms with Crippen LogP contribution >= 0.6 is 0 Å². The van der Waals surface area contributed by atoms with E-state index in [1.54, 1.807) is 0 Å². The zero-order valence-electron chi connectivity index (χ0n) is 10.5. The van der Waals surface area contributed by atoms with Gasteiger partial charge in [0.25, 0.3) is 0 Å². The average Bonchev–Trinajstić information content (AvgIpc) is 2.41. The molecule has 0 atom stereocenters. The Kier molecular flexibility index (Phi) is 7.32. The van der Waals surface area contributed by atoms with Gasteiger partial charge in [0.15, 0.2) is 0 Å². The van der Waals surface area contributed by atoms with E-state index in [-0.39, 0.29) is 6.09 Å². The zero-order valence-corrected chi connectivity index (χ0v) is 10.5. The molecule has 0 saturated heterocycles. The second-order valence-electron chi connectivity index (χ2n) is 3.83. The molecular formula is C14H20N2O2. The fourth-order valence-electron chi connectivity index (χ4n) is 1.38. The van der Waals surface area contributed by atoms with Crippen molar-refractivity contribution < 1.29 is 9.53 Å². The van der Waals surface area contributed by atoms with Gasteiger partial charge < -0.3 is 15.4 Å². The summed E-state index contributed by atoms with van der Waals surface area (Å²) in [5.74, 6) is 0. The second kappa shape index (κ2) is 9.24. The van der Waals surface area contributed by atoms with Gasteiger partial charge in [-0.3, -0.25) is 0 Å². The Morgan fingerprint density at radius 1 is 1.28 bits per heavy atom. The van der Waals surface area contributed by atoms with Gasteiger partial charge in [-0.05, 0) is 18.5 Å². The largest absolute Gasteiger partial charge is 0.445 e. The third-order valence-electron chi connectivity index (χ3n) is 2.30. The van der Waals surface area contributed by atoms with E-state index in [1.165, 1.54) is 0 Å². The Morgan fingerprint density at radius 2 is 2.06 bits per heavy atom. The average molecular weight is 248 g/mol. The lowest BCUT2D eigenvalue weighted by Crippen LogP contribution is -2.27. The van der Waals surface area contributed by atoms with E-state index in [4.69, 9.17) is 4.74 Å². The van der Waals surface area contributed by atoms with Crippen molar-refractivity contribution in [1.82, 2.24) is 10.6 Å². The summed E-state index contributed by atoms with van der Waals surface area (Å²) in [6.45, 7) is 6.17. The normalized spacial score (nSPS) is 9.78. The van der Waals surface area contributed by atoms with Crippen molar-refractivity contribution in [2.45, 2.75) is 13.0 Å². The summed E-state index contributed by atoms with van der Waals surface area (Å²) >= 11 is 0. The van der Waals surface area contributed by atoms with Crippen LogP contribution in [0.5, 0.6) is 0 Å². The molecule has 0 spiro atoms. The van der Waals surface area contributed by atoms with Crippen LogP contribution in [-0.4, -0.2) is 25.7 Å². The van der Waals surface area contributed by atoms with Gasteiger partial charge in [-0.1, -0.05) is 36.4 Å². The molecule has 4 nitrogen and oxygen atoms in total. The molecule has 4 heteroatoms. The first-order chi connectivity index (χ1) is 8.83. The SMILES string of the molecule is C=CCNCCCNC(=O)OCc1ccccc1. The Morgan fingerprint density at radius 3 is 2.78 bits per heavy atom. The molecule has 0 bridgehead atoms. The van der Waals surface area contributed by atoms with Crippen LogP contribution < -0.4 is 10.6 Å². The van der Waals surface area contributed by atoms with Crippen molar-refractivity contribution in [2.24, 2.45) is 0 Å². The van der Waals surface area contributed by atoms with Gasteiger partial charge in [0, 0.05) is 13.1 Å². The molecule has 0 aromatic heterocycles. The molecular weight excluding hydrogens is 228 g/mol. The Bertz CT molecular complexity index is 352. The number of carbonyl (C=O) groups is 1. The highest BCUT2D eigenvalue weighted by atomic mass is 16.5. The monoisotopic (exact) mass is 248 g/mol. The van der Waals surface area contributed by atoms with Crippen molar-refractivity contribution in [1.29, 1.82) is 0 Å². The first kappa shape index (κ1) is 14.3. The summed E-state index contributed by atoms with van der Waals surface area (Å²) in [5.41, 5.74) is 0.986. The molecule has 98 valence electrons. The molecule has 1 amide bonds. The fraction of sp³-hybridized carbons (Fsp3) is 0.357. The molecule has 18 heavy (non-hydrogen) atoms. The number of rotatable bonds is 8. The maximum absolute atomic E-state index is 11.3. The van der Waals surface area contributed by atoms with Gasteiger partial charge in [-0.15, -0.1) is 6.58 Å². The summed E-state index contributed by atoms with van der Waals surface area (Å²) in [6.07, 6.45) is 2.30. The Hall–Kier alpha value is -1.81. The number of amides is 1. The predicted molar refractivity (Wildman–Crippen MR) is 72.3 cm³/mol. The van der Waals surface area contributed by atoms with Crippen LogP contribution in [0.15, 0.2) is 43.0 Å². The van der Waals surface area contributed by atoms with Crippen molar-refractivity contribution in [3.05, 3.63) is 48.6 Å². The lowest BCUT2D eigenvalue weighted by atomic mass is 10.2. The van der Waals surface area contributed by atoms with Crippen molar-refractivity contribution in [3.63, 3.8) is 0 Å². The number of hydrogen-bond acceptors (Lipinski definition) is 3. The maximum atomic E-state index is 11.3. The van der Waals surface area contributed by atoms with Gasteiger partial charge in [-0.25, -0.2) is 4.79 Å². The number of alkyl carbamates (subject to hydrolysis) is 1. The quantitative estimate of drug-likeness (QED) is 0.547. The Balaban J connectivity index is 2.02. The third-order valence-corrected chi connectivity index (χ3v) is 2.30. The van der Waals surface area contributed by atoms with E-state index in [2.05, 4.69) is 17.2 Å². The first-order valence-corrected chi connectivity index (χ1v) is 6.09. The zero-order chi connectivity index (χ0) is 13.1. The molecule has 1 rings (SSSR count). The number of ether oxygens (including phenoxy) is 1. The van der Waals surface area contributed by atoms with Crippen LogP contribution in [0.4, 0.5) is 4.79 Å². The van der Waals surface area contributed by atoms with Crippen LogP contribution in [0, 0.1) is 0 Å². The summed E-state index contributed by atoms with van der Waals surface area (Å²) in [4.78, 5) is 11.3. The number of benzene rings is 1. The molecule has 0 aliphatic heterocycles. The van der Waals surface area contributed by atoms with Crippen molar-refractivity contribution >= 4 is 6.09 Å². The summed E-state index contributed by atoms with van der Waals surface area (Å²) < 4.78 is 5.07. The molecule has 0 heterocycles. The summed E-state index contributed by atoms with van der Waals surface area (Å²) in [6, 6.07) is 9.61. The van der Waals surface area contributed by atoms with E-state index in [9.17, 15) is 4.79 Å². The minimum Gasteiger partial charge on any atom is -0.445 e. The van der Waals surface area contributed by atoms with E-state index >= 15 is 0 Å². The molecule has 1 aromatic rings. The predicted octanol–water partition coefficient (Wildman–Crippen LogP) is 2.08. The van der Waals surface area contributed by atoms with Gasteiger partial charge in [0.1, 0.15) is 6.61 Å². The lowest BCUT2D eigenvalue weighted by molar-refractivity contribution is 0.139. The van der Waals surface area contributed by atoms with Gasteiger partial charge in [-0.2, -0.15) is 0 Å². The van der Waals surface area contributed by atoms with Crippen molar-refractivity contribution in [2.75, 3.05) is 19.6 Å². The standard InChI is InChI=1S/C14H20N2O2/c1-2-9-15-10-6-11-16-14(17)18-12-13-7-4-3-5-8-13/h2-5,7-8,15H,1,6,9-12H2,(H,16,17). The lowest BCUT2D eigenvalue weighted by Gasteiger charge is -2.07. The van der Waals surface area contributed by atoms with Crippen LogP contribution in [0.25, 0.3) is 0 Å². The van der Waals surface area contributed by atoms with E-state index in [0.717, 1.165) is 25.1 Å². The maximum Gasteiger partial charge on any atom is 0.407 e. The van der Waals surface area contributed by atoms with E-state index in [1.807, 2.05) is 36.4 Å². The van der Waals surface area contributed by atoms with E-state index < -0.39 is 0 Å². The minimum atomic E-state index is -0.373. The number of hydrogen-bond donors (Lipinski definition) is 2. The minimum absolute atomic E-state index is 0.307. The molecule has 1 aromatic carbocycles. The highest BCUT2D eigenvalue weighted by Crippen LogP contribution is 2.00. The fourth-order valence-corrected chi connectivity index (χ4v) is 1.38. The summed E-state index contributed by atoms with van der Waals surface area (Å²) in [7, 11) is 0. The van der Waals surface area contributed by atoms with Crippen LogP contribution in [0.2, 0.25) is 0 Å². The van der Waals surface area contributed by atoms with E-state index in [0.29, 0.717) is 13.2 Å². The highest BCUT2D eigenvalue weighted by Gasteiger charge is 2.00. The molecule has 2 N–H and O–H groups in total. The highest BCUT2D eigenvalue weighted by molar-refractivity contribution is 5.67. The first-order valence-electron chi connectivity index (χ1n) is 6.09. The van der Waals surface area contributed by atoms with Crippen LogP contribution in [0.1, 0.15) is 12.0 Å². The van der Waals surface area contributed by atoms with Crippen molar-refractivity contribution in [3.8, 4) is 0 Å². The van der Waals surface area contributed by atoms with Gasteiger partial charge in [0.2, 0.25) is 0 Å². The van der Waals surface area contributed by atoms with Gasteiger partial charge in [0.05, 0.1) is 0 Å². The topological polar surface area (TPSA) is 50.4 Å². The molecule has 0 aliphatic rings. The number of nitrogens with one attached hydrogen (secondary N) is 2. The molecule has 0 aliphatic carbocycles. The molecule has 0 fully saturated rings. The van der Waals surface area contributed by atoms with Crippen LogP contribution in [0.3, 0.4) is 0 Å². The van der Waals surface area contributed by atoms with Crippen LogP contribution in [-0.2, 0) is 11.3 Å². The third kappa shape index (κ3) is 6.70. The number of carbonyl (C=O) groups excluding carboxylic acids is 1. The molecule has 0 radical (unpaired) electrons.